The summed E-state index contributed by atoms with van der Waals surface area (Å²) in [6.45, 7) is 4.97. The third kappa shape index (κ3) is 8.42. The van der Waals surface area contributed by atoms with Crippen LogP contribution in [-0.2, 0) is 49.3 Å². The predicted molar refractivity (Wildman–Crippen MR) is 178 cm³/mol. The van der Waals surface area contributed by atoms with Crippen LogP contribution < -0.4 is 10.6 Å². The van der Waals surface area contributed by atoms with Gasteiger partial charge < -0.3 is 28.8 Å². The fraction of sp³-hybridized carbons (Fsp3) is 0.294. The van der Waals surface area contributed by atoms with Gasteiger partial charge in [0.2, 0.25) is 11.3 Å². The van der Waals surface area contributed by atoms with Gasteiger partial charge in [0.25, 0.3) is 5.91 Å². The van der Waals surface area contributed by atoms with Crippen molar-refractivity contribution in [3.63, 3.8) is 0 Å². The second-order valence-corrected chi connectivity index (χ2v) is 15.4. The molecule has 0 bridgehead atoms. The van der Waals surface area contributed by atoms with Gasteiger partial charge in [0.05, 0.1) is 6.26 Å². The number of benzene rings is 3. The van der Waals surface area contributed by atoms with Gasteiger partial charge >= 0.3 is 22.2 Å². The van der Waals surface area contributed by atoms with Gasteiger partial charge in [0, 0.05) is 0 Å². The first kappa shape index (κ1) is 35.4. The average Bonchev–Trinajstić information content (AvgIpc) is 3.04. The minimum absolute atomic E-state index is 0.375. The number of ether oxygens (including phenoxy) is 2. The van der Waals surface area contributed by atoms with Crippen LogP contribution in [-0.4, -0.2) is 70.8 Å². The standard InChI is InChI=1S/C34H35N3O10S2/c1-34(2,3)46-33(41)36-25(21-14-8-5-9-15-21)29(38)35-26-30(39)37-27(24(47-49(4,43)44)20-48(42)31(26)37)32(40)45-28(22-16-10-6-11-17-22)23-18-12-7-13-19-23/h5-19,25-26,28,31H,20H2,1-4H3,(H,35,38)(H,36,41)/t25?,26-,31+,48?/m1/s1. The Morgan fingerprint density at radius 1 is 0.898 bits per heavy atom. The molecule has 0 saturated carbocycles. The highest BCUT2D eigenvalue weighted by molar-refractivity contribution is 7.92. The van der Waals surface area contributed by atoms with E-state index in [2.05, 4.69) is 10.6 Å². The third-order valence-corrected chi connectivity index (χ3v) is 9.39. The lowest BCUT2D eigenvalue weighted by molar-refractivity contribution is -0.155. The lowest BCUT2D eigenvalue weighted by atomic mass is 10.0. The van der Waals surface area contributed by atoms with Crippen molar-refractivity contribution in [1.82, 2.24) is 15.5 Å². The number of esters is 1. The molecule has 3 amide bonds. The Kier molecular flexibility index (Phi) is 10.4. The molecule has 15 heteroatoms. The quantitative estimate of drug-likeness (QED) is 0.137. The maximum Gasteiger partial charge on any atom is 0.408 e. The number of hydrogen-bond acceptors (Lipinski definition) is 10. The molecule has 0 aliphatic carbocycles. The topological polar surface area (TPSA) is 180 Å². The minimum atomic E-state index is -4.24. The van der Waals surface area contributed by atoms with Crippen molar-refractivity contribution in [2.24, 2.45) is 0 Å². The van der Waals surface area contributed by atoms with Crippen molar-refractivity contribution in [2.75, 3.05) is 12.0 Å². The molecule has 2 aliphatic rings. The summed E-state index contributed by atoms with van der Waals surface area (Å²) in [4.78, 5) is 54.8. The highest BCUT2D eigenvalue weighted by Gasteiger charge is 2.62. The molecular formula is C34H35N3O10S2. The highest BCUT2D eigenvalue weighted by atomic mass is 32.2. The molecule has 2 unspecified atom stereocenters. The Morgan fingerprint density at radius 2 is 1.41 bits per heavy atom. The number of amides is 3. The Balaban J connectivity index is 1.44. The Hall–Kier alpha value is -4.86. The first-order chi connectivity index (χ1) is 23.1. The van der Waals surface area contributed by atoms with Crippen molar-refractivity contribution < 1.29 is 45.8 Å². The molecule has 49 heavy (non-hydrogen) atoms. The molecule has 258 valence electrons. The number of fused-ring (bicyclic) bond motifs is 1. The Bertz CT molecular complexity index is 1810. The van der Waals surface area contributed by atoms with Gasteiger partial charge in [-0.05, 0) is 48.6 Å². The largest absolute Gasteiger partial charge is 0.614 e. The summed E-state index contributed by atoms with van der Waals surface area (Å²) in [6, 6.07) is 23.0. The fourth-order valence-corrected chi connectivity index (χ4v) is 7.47. The minimum Gasteiger partial charge on any atom is -0.614 e. The molecule has 13 nitrogen and oxygen atoms in total. The van der Waals surface area contributed by atoms with Crippen LogP contribution in [0.5, 0.6) is 0 Å². The van der Waals surface area contributed by atoms with Crippen molar-refractivity contribution in [2.45, 2.75) is 49.9 Å². The summed E-state index contributed by atoms with van der Waals surface area (Å²) in [5.74, 6) is -3.89. The monoisotopic (exact) mass is 709 g/mol. The van der Waals surface area contributed by atoms with Crippen LogP contribution in [0.25, 0.3) is 0 Å². The molecule has 1 fully saturated rings. The van der Waals surface area contributed by atoms with Gasteiger partial charge in [-0.15, -0.1) is 0 Å². The van der Waals surface area contributed by atoms with Crippen LogP contribution in [0.1, 0.15) is 49.6 Å². The van der Waals surface area contributed by atoms with Gasteiger partial charge in [-0.3, -0.25) is 14.5 Å². The van der Waals surface area contributed by atoms with Crippen LogP contribution >= 0.6 is 0 Å². The number of rotatable bonds is 10. The second kappa shape index (κ2) is 14.3. The molecule has 3 aromatic rings. The zero-order valence-electron chi connectivity index (χ0n) is 27.0. The molecule has 5 rings (SSSR count). The van der Waals surface area contributed by atoms with E-state index in [1.54, 1.807) is 112 Å². The van der Waals surface area contributed by atoms with E-state index in [0.717, 1.165) is 11.2 Å². The van der Waals surface area contributed by atoms with Crippen molar-refractivity contribution in [1.29, 1.82) is 0 Å². The average molecular weight is 710 g/mol. The Labute approximate surface area is 286 Å². The molecule has 0 spiro atoms. The summed E-state index contributed by atoms with van der Waals surface area (Å²) in [7, 11) is -4.24. The van der Waals surface area contributed by atoms with Crippen molar-refractivity contribution in [3.8, 4) is 0 Å². The van der Waals surface area contributed by atoms with Crippen LogP contribution in [0.15, 0.2) is 102 Å². The number of nitrogens with zero attached hydrogens (tertiary/aromatic N) is 1. The maximum atomic E-state index is 14.0. The zero-order chi connectivity index (χ0) is 35.5. The van der Waals surface area contributed by atoms with E-state index in [4.69, 9.17) is 13.7 Å². The first-order valence-electron chi connectivity index (χ1n) is 15.1. The molecule has 2 heterocycles. The smallest absolute Gasteiger partial charge is 0.408 e. The fourth-order valence-electron chi connectivity index (χ4n) is 5.33. The molecule has 4 atom stereocenters. The SMILES string of the molecule is CC(C)(C)OC(=O)NC(C(=O)N[C@@H]1C(=O)N2C(C(=O)OC(c3ccccc3)c3ccccc3)=C(OS(C)(=O)=O)C[S+]([O-])[C@@H]12)c1ccccc1. The summed E-state index contributed by atoms with van der Waals surface area (Å²) >= 11 is -2.04. The normalized spacial score (nSPS) is 19.7. The number of β-lactam (4-membered cyclic amide) rings is 1. The van der Waals surface area contributed by atoms with Gasteiger partial charge in [-0.2, -0.15) is 8.42 Å². The van der Waals surface area contributed by atoms with Crippen LogP contribution in [0.4, 0.5) is 4.79 Å². The van der Waals surface area contributed by atoms with E-state index in [-0.39, 0.29) is 0 Å². The van der Waals surface area contributed by atoms with Crippen molar-refractivity contribution >= 4 is 45.2 Å². The second-order valence-electron chi connectivity index (χ2n) is 12.3. The Morgan fingerprint density at radius 3 is 1.90 bits per heavy atom. The third-order valence-electron chi connectivity index (χ3n) is 7.32. The van der Waals surface area contributed by atoms with E-state index in [9.17, 15) is 32.1 Å². The van der Waals surface area contributed by atoms with Gasteiger partial charge in [-0.25, -0.2) is 9.59 Å². The summed E-state index contributed by atoms with van der Waals surface area (Å²) in [5.41, 5.74) is 0.144. The number of alkyl carbamates (subject to hydrolysis) is 1. The van der Waals surface area contributed by atoms with Crippen LogP contribution in [0.3, 0.4) is 0 Å². The molecule has 1 saturated heterocycles. The number of nitrogens with one attached hydrogen (secondary N) is 2. The van der Waals surface area contributed by atoms with Gasteiger partial charge in [0.15, 0.2) is 29.4 Å². The highest BCUT2D eigenvalue weighted by Crippen LogP contribution is 2.39. The van der Waals surface area contributed by atoms with Gasteiger partial charge in [0.1, 0.15) is 11.6 Å². The van der Waals surface area contributed by atoms with Crippen molar-refractivity contribution in [3.05, 3.63) is 119 Å². The molecule has 3 aromatic carbocycles. The first-order valence-corrected chi connectivity index (χ1v) is 18.3. The number of carbonyl (C=O) groups excluding carboxylic acids is 4. The summed E-state index contributed by atoms with van der Waals surface area (Å²) in [6.07, 6.45) is -1.11. The lowest BCUT2D eigenvalue weighted by Crippen LogP contribution is -2.75. The molecule has 2 aliphatic heterocycles. The molecule has 0 radical (unpaired) electrons. The lowest BCUT2D eigenvalue weighted by Gasteiger charge is -2.48. The van der Waals surface area contributed by atoms with Crippen LogP contribution in [0.2, 0.25) is 0 Å². The number of hydrogen-bond donors (Lipinski definition) is 2. The molecular weight excluding hydrogens is 675 g/mol. The maximum absolute atomic E-state index is 14.0. The van der Waals surface area contributed by atoms with E-state index in [0.29, 0.717) is 16.7 Å². The van der Waals surface area contributed by atoms with E-state index in [1.165, 1.54) is 0 Å². The zero-order valence-corrected chi connectivity index (χ0v) is 28.7. The summed E-state index contributed by atoms with van der Waals surface area (Å²) in [5, 5.41) is 3.78. The summed E-state index contributed by atoms with van der Waals surface area (Å²) < 4.78 is 54.3. The van der Waals surface area contributed by atoms with E-state index >= 15 is 0 Å². The van der Waals surface area contributed by atoms with E-state index < -0.39 is 91.5 Å². The molecule has 2 N–H and O–H groups in total. The van der Waals surface area contributed by atoms with Gasteiger partial charge in [-0.1, -0.05) is 91.0 Å². The molecule has 0 aromatic heterocycles. The van der Waals surface area contributed by atoms with Crippen LogP contribution in [0, 0.1) is 0 Å². The van der Waals surface area contributed by atoms with E-state index in [1.807, 2.05) is 0 Å². The number of carbonyl (C=O) groups is 4. The predicted octanol–water partition coefficient (Wildman–Crippen LogP) is 3.19.